The Morgan fingerprint density at radius 3 is 2.55 bits per heavy atom. The number of amides is 1. The minimum atomic E-state index is -0.0857. The second-order valence-corrected chi connectivity index (χ2v) is 7.18. The van der Waals surface area contributed by atoms with Gasteiger partial charge in [0.25, 0.3) is 0 Å². The lowest BCUT2D eigenvalue weighted by atomic mass is 9.99. The van der Waals surface area contributed by atoms with Gasteiger partial charge in [0.1, 0.15) is 0 Å². The van der Waals surface area contributed by atoms with E-state index in [-0.39, 0.29) is 11.9 Å². The van der Waals surface area contributed by atoms with Crippen molar-refractivity contribution < 1.29 is 4.79 Å². The van der Waals surface area contributed by atoms with Crippen molar-refractivity contribution in [3.8, 4) is 0 Å². The lowest BCUT2D eigenvalue weighted by Crippen LogP contribution is -2.30. The summed E-state index contributed by atoms with van der Waals surface area (Å²) in [5.74, 6) is 0.714. The van der Waals surface area contributed by atoms with E-state index >= 15 is 0 Å². The fraction of sp³-hybridized carbons (Fsp3) is 0.389. The average molecular weight is 334 g/mol. The molecule has 0 saturated heterocycles. The molecule has 0 radical (unpaired) electrons. The highest BCUT2D eigenvalue weighted by molar-refractivity contribution is 7.08. The summed E-state index contributed by atoms with van der Waals surface area (Å²) in [6.07, 6.45) is 5.56. The molecule has 1 aromatic heterocycles. The number of rotatable bonds is 5. The first-order chi connectivity index (χ1) is 10.7. The van der Waals surface area contributed by atoms with Crippen LogP contribution in [0.25, 0.3) is 0 Å². The fourth-order valence-corrected chi connectivity index (χ4v) is 3.96. The van der Waals surface area contributed by atoms with Gasteiger partial charge in [0.05, 0.1) is 6.04 Å². The Bertz CT molecular complexity index is 603. The molecule has 2 aromatic rings. The van der Waals surface area contributed by atoms with Crippen molar-refractivity contribution in [2.45, 2.75) is 38.1 Å². The van der Waals surface area contributed by atoms with Gasteiger partial charge < -0.3 is 5.32 Å². The molecule has 3 rings (SSSR count). The number of carbonyl (C=O) groups excluding carboxylic acids is 1. The SMILES string of the molecule is O=C(CC1CCCC1)NC(c1ccc(Cl)cc1)c1ccsc1. The number of halogens is 1. The summed E-state index contributed by atoms with van der Waals surface area (Å²) in [6, 6.07) is 9.71. The Labute approximate surface area is 140 Å². The van der Waals surface area contributed by atoms with Gasteiger partial charge in [-0.3, -0.25) is 4.79 Å². The van der Waals surface area contributed by atoms with E-state index in [2.05, 4.69) is 16.8 Å². The lowest BCUT2D eigenvalue weighted by molar-refractivity contribution is -0.122. The Morgan fingerprint density at radius 1 is 1.18 bits per heavy atom. The fourth-order valence-electron chi connectivity index (χ4n) is 3.15. The molecule has 1 amide bonds. The van der Waals surface area contributed by atoms with Crippen LogP contribution < -0.4 is 5.32 Å². The number of benzene rings is 1. The number of hydrogen-bond acceptors (Lipinski definition) is 2. The van der Waals surface area contributed by atoms with Gasteiger partial charge in [0, 0.05) is 11.4 Å². The van der Waals surface area contributed by atoms with Crippen molar-refractivity contribution in [1.29, 1.82) is 0 Å². The smallest absolute Gasteiger partial charge is 0.221 e. The van der Waals surface area contributed by atoms with Crippen LogP contribution >= 0.6 is 22.9 Å². The van der Waals surface area contributed by atoms with Crippen LogP contribution in [0.4, 0.5) is 0 Å². The number of hydrogen-bond donors (Lipinski definition) is 1. The van der Waals surface area contributed by atoms with E-state index in [0.29, 0.717) is 17.4 Å². The summed E-state index contributed by atoms with van der Waals surface area (Å²) in [6.45, 7) is 0. The van der Waals surface area contributed by atoms with E-state index in [9.17, 15) is 4.79 Å². The standard InChI is InChI=1S/C18H20ClNOS/c19-16-7-5-14(6-8-16)18(15-9-10-22-12-15)20-17(21)11-13-3-1-2-4-13/h5-10,12-13,18H,1-4,11H2,(H,20,21). The highest BCUT2D eigenvalue weighted by Gasteiger charge is 2.22. The van der Waals surface area contributed by atoms with E-state index in [4.69, 9.17) is 11.6 Å². The summed E-state index contributed by atoms with van der Waals surface area (Å²) in [5.41, 5.74) is 2.20. The van der Waals surface area contributed by atoms with E-state index in [0.717, 1.165) is 11.1 Å². The molecular weight excluding hydrogens is 314 g/mol. The molecule has 1 aliphatic rings. The summed E-state index contributed by atoms with van der Waals surface area (Å²) in [5, 5.41) is 8.06. The molecule has 0 spiro atoms. The molecule has 4 heteroatoms. The molecular formula is C18H20ClNOS. The maximum atomic E-state index is 12.4. The van der Waals surface area contributed by atoms with Crippen LogP contribution in [-0.2, 0) is 4.79 Å². The Hall–Kier alpha value is -1.32. The first-order valence-corrected chi connectivity index (χ1v) is 9.11. The predicted molar refractivity (Wildman–Crippen MR) is 92.3 cm³/mol. The average Bonchev–Trinajstić information content (AvgIpc) is 3.19. The second-order valence-electron chi connectivity index (χ2n) is 5.96. The molecule has 1 saturated carbocycles. The van der Waals surface area contributed by atoms with Gasteiger partial charge in [-0.2, -0.15) is 11.3 Å². The topological polar surface area (TPSA) is 29.1 Å². The molecule has 1 heterocycles. The van der Waals surface area contributed by atoms with Crippen LogP contribution in [0, 0.1) is 5.92 Å². The Balaban J connectivity index is 1.74. The zero-order valence-corrected chi connectivity index (χ0v) is 14.0. The van der Waals surface area contributed by atoms with Gasteiger partial charge in [-0.25, -0.2) is 0 Å². The molecule has 1 fully saturated rings. The van der Waals surface area contributed by atoms with Crippen molar-refractivity contribution >= 4 is 28.8 Å². The van der Waals surface area contributed by atoms with Crippen molar-refractivity contribution in [3.05, 3.63) is 57.2 Å². The van der Waals surface area contributed by atoms with E-state index < -0.39 is 0 Å². The first kappa shape index (κ1) is 15.6. The third kappa shape index (κ3) is 3.90. The van der Waals surface area contributed by atoms with Crippen LogP contribution in [0.15, 0.2) is 41.1 Å². The number of nitrogens with one attached hydrogen (secondary N) is 1. The van der Waals surface area contributed by atoms with Gasteiger partial charge in [0.2, 0.25) is 5.91 Å². The molecule has 22 heavy (non-hydrogen) atoms. The second kappa shape index (κ2) is 7.30. The monoisotopic (exact) mass is 333 g/mol. The van der Waals surface area contributed by atoms with Crippen LogP contribution in [0.2, 0.25) is 5.02 Å². The summed E-state index contributed by atoms with van der Waals surface area (Å²) in [4.78, 5) is 12.4. The van der Waals surface area contributed by atoms with Crippen LogP contribution in [0.1, 0.15) is 49.3 Å². The third-order valence-corrected chi connectivity index (χ3v) is 5.29. The summed E-state index contributed by atoms with van der Waals surface area (Å²) < 4.78 is 0. The maximum Gasteiger partial charge on any atom is 0.221 e. The molecule has 1 atom stereocenters. The van der Waals surface area contributed by atoms with Gasteiger partial charge in [-0.1, -0.05) is 36.6 Å². The van der Waals surface area contributed by atoms with E-state index in [1.165, 1.54) is 25.7 Å². The number of carbonyl (C=O) groups is 1. The molecule has 1 N–H and O–H groups in total. The minimum absolute atomic E-state index is 0.0857. The van der Waals surface area contributed by atoms with Crippen molar-refractivity contribution in [2.75, 3.05) is 0 Å². The zero-order valence-electron chi connectivity index (χ0n) is 12.4. The van der Waals surface area contributed by atoms with Gasteiger partial charge in [-0.15, -0.1) is 0 Å². The lowest BCUT2D eigenvalue weighted by Gasteiger charge is -2.20. The number of thiophene rings is 1. The highest BCUT2D eigenvalue weighted by Crippen LogP contribution is 2.29. The first-order valence-electron chi connectivity index (χ1n) is 7.79. The van der Waals surface area contributed by atoms with Gasteiger partial charge >= 0.3 is 0 Å². The van der Waals surface area contributed by atoms with Crippen molar-refractivity contribution in [1.82, 2.24) is 5.32 Å². The Morgan fingerprint density at radius 2 is 1.91 bits per heavy atom. The van der Waals surface area contributed by atoms with Crippen molar-refractivity contribution in [3.63, 3.8) is 0 Å². The molecule has 1 unspecified atom stereocenters. The van der Waals surface area contributed by atoms with Gasteiger partial charge in [0.15, 0.2) is 0 Å². The quantitative estimate of drug-likeness (QED) is 0.801. The third-order valence-electron chi connectivity index (χ3n) is 4.33. The predicted octanol–water partition coefficient (Wildman–Crippen LogP) is 5.19. The largest absolute Gasteiger partial charge is 0.345 e. The maximum absolute atomic E-state index is 12.4. The van der Waals surface area contributed by atoms with Crippen LogP contribution in [0.5, 0.6) is 0 Å². The molecule has 0 bridgehead atoms. The zero-order chi connectivity index (χ0) is 15.4. The highest BCUT2D eigenvalue weighted by atomic mass is 35.5. The van der Waals surface area contributed by atoms with Crippen LogP contribution in [0.3, 0.4) is 0 Å². The van der Waals surface area contributed by atoms with E-state index in [1.807, 2.05) is 29.6 Å². The van der Waals surface area contributed by atoms with Gasteiger partial charge in [-0.05, 0) is 58.8 Å². The van der Waals surface area contributed by atoms with Crippen LogP contribution in [-0.4, -0.2) is 5.91 Å². The van der Waals surface area contributed by atoms with E-state index in [1.54, 1.807) is 11.3 Å². The Kier molecular flexibility index (Phi) is 5.16. The minimum Gasteiger partial charge on any atom is -0.345 e. The molecule has 1 aliphatic carbocycles. The molecule has 1 aromatic carbocycles. The molecule has 116 valence electrons. The molecule has 0 aliphatic heterocycles. The normalized spacial score (nSPS) is 16.6. The summed E-state index contributed by atoms with van der Waals surface area (Å²) >= 11 is 7.62. The summed E-state index contributed by atoms with van der Waals surface area (Å²) in [7, 11) is 0. The van der Waals surface area contributed by atoms with Crippen molar-refractivity contribution in [2.24, 2.45) is 5.92 Å². The molecule has 2 nitrogen and oxygen atoms in total.